The molecule has 21 heavy (non-hydrogen) atoms. The molecule has 106 valence electrons. The van der Waals surface area contributed by atoms with Crippen LogP contribution in [0.15, 0.2) is 48.5 Å². The van der Waals surface area contributed by atoms with Gasteiger partial charge in [0.25, 0.3) is 0 Å². The number of aromatic hydroxyl groups is 1. The number of anilines is 1. The Bertz CT molecular complexity index is 774. The highest BCUT2D eigenvalue weighted by atomic mass is 16.3. The van der Waals surface area contributed by atoms with Crippen LogP contribution in [0.1, 0.15) is 30.1 Å². The summed E-state index contributed by atoms with van der Waals surface area (Å²) in [5.74, 6) is 0.301. The average Bonchev–Trinajstić information content (AvgIpc) is 2.89. The third-order valence-electron chi connectivity index (χ3n) is 4.32. The first-order chi connectivity index (χ1) is 10.3. The van der Waals surface area contributed by atoms with E-state index in [1.54, 1.807) is 12.1 Å². The normalized spacial score (nSPS) is 17.6. The fraction of sp³-hybridized carbons (Fsp3) is 0.222. The van der Waals surface area contributed by atoms with Crippen LogP contribution in [0.3, 0.4) is 0 Å². The minimum absolute atomic E-state index is 0.301. The minimum atomic E-state index is 0.301. The van der Waals surface area contributed by atoms with Crippen molar-refractivity contribution < 1.29 is 5.11 Å². The minimum Gasteiger partial charge on any atom is -0.508 e. The largest absolute Gasteiger partial charge is 0.508 e. The van der Waals surface area contributed by atoms with E-state index in [1.807, 2.05) is 12.1 Å². The number of phenolic OH excluding ortho intramolecular Hbond substituents is 1. The number of rotatable bonds is 2. The SMILES string of the molecule is Oc1ccc(NC2CCCc3c2[nH]c2ccccc32)cc1. The molecule has 1 aliphatic carbocycles. The highest BCUT2D eigenvalue weighted by Gasteiger charge is 2.23. The van der Waals surface area contributed by atoms with Crippen LogP contribution in [0.4, 0.5) is 5.69 Å². The Kier molecular flexibility index (Phi) is 2.85. The number of aromatic nitrogens is 1. The van der Waals surface area contributed by atoms with E-state index in [0.29, 0.717) is 11.8 Å². The predicted molar refractivity (Wildman–Crippen MR) is 85.7 cm³/mol. The Hall–Kier alpha value is -2.42. The van der Waals surface area contributed by atoms with E-state index in [9.17, 15) is 5.11 Å². The summed E-state index contributed by atoms with van der Waals surface area (Å²) in [5, 5.41) is 14.3. The zero-order valence-electron chi connectivity index (χ0n) is 11.8. The lowest BCUT2D eigenvalue weighted by atomic mass is 9.91. The highest BCUT2D eigenvalue weighted by molar-refractivity contribution is 5.85. The Balaban J connectivity index is 1.71. The smallest absolute Gasteiger partial charge is 0.115 e. The molecular weight excluding hydrogens is 260 g/mol. The first-order valence-electron chi connectivity index (χ1n) is 7.46. The van der Waals surface area contributed by atoms with Crippen LogP contribution in [-0.4, -0.2) is 10.1 Å². The molecule has 3 N–H and O–H groups in total. The van der Waals surface area contributed by atoms with Gasteiger partial charge in [0, 0.05) is 22.3 Å². The Morgan fingerprint density at radius 3 is 2.71 bits per heavy atom. The molecule has 1 aliphatic rings. The van der Waals surface area contributed by atoms with Crippen molar-refractivity contribution in [2.75, 3.05) is 5.32 Å². The molecule has 4 rings (SSSR count). The lowest BCUT2D eigenvalue weighted by Gasteiger charge is -2.24. The second-order valence-electron chi connectivity index (χ2n) is 5.70. The fourth-order valence-corrected chi connectivity index (χ4v) is 3.32. The average molecular weight is 278 g/mol. The standard InChI is InChI=1S/C18H18N2O/c21-13-10-8-12(9-11-13)19-17-7-3-5-15-14-4-1-2-6-16(14)20-18(15)17/h1-2,4,6,8-11,17,19-21H,3,5,7H2. The maximum Gasteiger partial charge on any atom is 0.115 e. The maximum absolute atomic E-state index is 9.38. The molecule has 3 heteroatoms. The summed E-state index contributed by atoms with van der Waals surface area (Å²) < 4.78 is 0. The van der Waals surface area contributed by atoms with Crippen LogP contribution in [0.5, 0.6) is 5.75 Å². The number of aryl methyl sites for hydroxylation is 1. The number of aromatic amines is 1. The van der Waals surface area contributed by atoms with Gasteiger partial charge >= 0.3 is 0 Å². The van der Waals surface area contributed by atoms with Crippen molar-refractivity contribution in [2.24, 2.45) is 0 Å². The number of fused-ring (bicyclic) bond motifs is 3. The van der Waals surface area contributed by atoms with E-state index >= 15 is 0 Å². The van der Waals surface area contributed by atoms with E-state index < -0.39 is 0 Å². The molecule has 0 saturated carbocycles. The van der Waals surface area contributed by atoms with Gasteiger partial charge in [0.1, 0.15) is 5.75 Å². The summed E-state index contributed by atoms with van der Waals surface area (Å²) in [6.45, 7) is 0. The van der Waals surface area contributed by atoms with Gasteiger partial charge < -0.3 is 15.4 Å². The zero-order chi connectivity index (χ0) is 14.2. The predicted octanol–water partition coefficient (Wildman–Crippen LogP) is 4.36. The number of nitrogens with one attached hydrogen (secondary N) is 2. The summed E-state index contributed by atoms with van der Waals surface area (Å²) in [7, 11) is 0. The van der Waals surface area contributed by atoms with Gasteiger partial charge in [-0.25, -0.2) is 0 Å². The molecule has 1 unspecified atom stereocenters. The first-order valence-corrected chi connectivity index (χ1v) is 7.46. The second kappa shape index (κ2) is 4.85. The van der Waals surface area contributed by atoms with E-state index in [-0.39, 0.29) is 0 Å². The van der Waals surface area contributed by atoms with Crippen molar-refractivity contribution in [1.29, 1.82) is 0 Å². The number of para-hydroxylation sites is 1. The Morgan fingerprint density at radius 2 is 1.86 bits per heavy atom. The molecule has 0 aliphatic heterocycles. The van der Waals surface area contributed by atoms with Crippen LogP contribution in [0, 0.1) is 0 Å². The number of phenols is 1. The topological polar surface area (TPSA) is 48.0 Å². The molecule has 0 radical (unpaired) electrons. The quantitative estimate of drug-likeness (QED) is 0.610. The van der Waals surface area contributed by atoms with Gasteiger partial charge in [-0.05, 0) is 55.2 Å². The van der Waals surface area contributed by atoms with Crippen molar-refractivity contribution in [3.63, 3.8) is 0 Å². The summed E-state index contributed by atoms with van der Waals surface area (Å²) in [4.78, 5) is 3.59. The summed E-state index contributed by atoms with van der Waals surface area (Å²) in [6.07, 6.45) is 3.47. The van der Waals surface area contributed by atoms with Gasteiger partial charge in [-0.3, -0.25) is 0 Å². The summed E-state index contributed by atoms with van der Waals surface area (Å²) in [6, 6.07) is 16.1. The molecular formula is C18H18N2O. The maximum atomic E-state index is 9.38. The van der Waals surface area contributed by atoms with E-state index in [0.717, 1.165) is 18.5 Å². The summed E-state index contributed by atoms with van der Waals surface area (Å²) >= 11 is 0. The van der Waals surface area contributed by atoms with Crippen molar-refractivity contribution >= 4 is 16.6 Å². The lowest BCUT2D eigenvalue weighted by Crippen LogP contribution is -2.17. The molecule has 1 atom stereocenters. The fourth-order valence-electron chi connectivity index (χ4n) is 3.32. The molecule has 0 saturated heterocycles. The van der Waals surface area contributed by atoms with Crippen molar-refractivity contribution in [1.82, 2.24) is 4.98 Å². The molecule has 0 amide bonds. The van der Waals surface area contributed by atoms with Crippen LogP contribution in [0.25, 0.3) is 10.9 Å². The molecule has 0 fully saturated rings. The van der Waals surface area contributed by atoms with Crippen LogP contribution >= 0.6 is 0 Å². The van der Waals surface area contributed by atoms with Gasteiger partial charge in [0.05, 0.1) is 6.04 Å². The number of hydrogen-bond acceptors (Lipinski definition) is 2. The van der Waals surface area contributed by atoms with Gasteiger partial charge in [-0.15, -0.1) is 0 Å². The van der Waals surface area contributed by atoms with Crippen molar-refractivity contribution in [2.45, 2.75) is 25.3 Å². The number of hydrogen-bond donors (Lipinski definition) is 3. The van der Waals surface area contributed by atoms with E-state index in [1.165, 1.54) is 28.6 Å². The van der Waals surface area contributed by atoms with Gasteiger partial charge in [0.15, 0.2) is 0 Å². The molecule has 0 bridgehead atoms. The zero-order valence-corrected chi connectivity index (χ0v) is 11.8. The van der Waals surface area contributed by atoms with Crippen molar-refractivity contribution in [3.05, 3.63) is 59.8 Å². The van der Waals surface area contributed by atoms with Crippen molar-refractivity contribution in [3.8, 4) is 5.75 Å². The summed E-state index contributed by atoms with van der Waals surface area (Å²) in [5.41, 5.74) is 5.04. The van der Waals surface area contributed by atoms with E-state index in [2.05, 4.69) is 34.6 Å². The monoisotopic (exact) mass is 278 g/mol. The second-order valence-corrected chi connectivity index (χ2v) is 5.70. The van der Waals surface area contributed by atoms with Crippen LogP contribution in [0.2, 0.25) is 0 Å². The molecule has 3 aromatic rings. The van der Waals surface area contributed by atoms with Crippen LogP contribution < -0.4 is 5.32 Å². The highest BCUT2D eigenvalue weighted by Crippen LogP contribution is 2.36. The Labute approximate surface area is 123 Å². The molecule has 0 spiro atoms. The molecule has 1 aromatic heterocycles. The van der Waals surface area contributed by atoms with Gasteiger partial charge in [0.2, 0.25) is 0 Å². The van der Waals surface area contributed by atoms with Crippen LogP contribution in [-0.2, 0) is 6.42 Å². The van der Waals surface area contributed by atoms with Gasteiger partial charge in [-0.1, -0.05) is 18.2 Å². The molecule has 3 nitrogen and oxygen atoms in total. The number of benzene rings is 2. The molecule has 1 heterocycles. The molecule has 2 aromatic carbocycles. The third-order valence-corrected chi connectivity index (χ3v) is 4.32. The number of H-pyrrole nitrogens is 1. The lowest BCUT2D eigenvalue weighted by molar-refractivity contribution is 0.475. The van der Waals surface area contributed by atoms with Gasteiger partial charge in [-0.2, -0.15) is 0 Å². The third kappa shape index (κ3) is 2.15. The Morgan fingerprint density at radius 1 is 1.05 bits per heavy atom. The van der Waals surface area contributed by atoms with E-state index in [4.69, 9.17) is 0 Å². The first kappa shape index (κ1) is 12.3.